The zero-order valence-electron chi connectivity index (χ0n) is 12.8. The van der Waals surface area contributed by atoms with E-state index in [0.717, 1.165) is 12.8 Å². The Labute approximate surface area is 136 Å². The van der Waals surface area contributed by atoms with E-state index in [9.17, 15) is 4.79 Å². The Bertz CT molecular complexity index is 616. The molecule has 2 atom stereocenters. The van der Waals surface area contributed by atoms with E-state index >= 15 is 0 Å². The third-order valence-corrected chi connectivity index (χ3v) is 5.54. The molecule has 0 aromatic heterocycles. The topological polar surface area (TPSA) is 29.1 Å². The predicted octanol–water partition coefficient (Wildman–Crippen LogP) is 4.01. The molecule has 1 heterocycles. The van der Waals surface area contributed by atoms with Crippen LogP contribution >= 0.6 is 11.8 Å². The molecule has 1 N–H and O–H groups in total. The smallest absolute Gasteiger partial charge is 0.233 e. The molecule has 1 amide bonds. The zero-order valence-corrected chi connectivity index (χ0v) is 13.6. The summed E-state index contributed by atoms with van der Waals surface area (Å²) in [6.07, 6.45) is 1.87. The van der Waals surface area contributed by atoms with E-state index in [2.05, 4.69) is 48.6 Å². The number of fused-ring (bicyclic) bond motifs is 1. The number of rotatable bonds is 5. The predicted molar refractivity (Wildman–Crippen MR) is 92.3 cm³/mol. The van der Waals surface area contributed by atoms with E-state index in [1.54, 1.807) is 11.8 Å². The van der Waals surface area contributed by atoms with Gasteiger partial charge in [-0.1, -0.05) is 55.5 Å². The average molecular weight is 311 g/mol. The Morgan fingerprint density at radius 3 is 2.64 bits per heavy atom. The van der Waals surface area contributed by atoms with Crippen LogP contribution in [0.15, 0.2) is 59.5 Å². The van der Waals surface area contributed by atoms with Gasteiger partial charge in [0.2, 0.25) is 5.91 Å². The van der Waals surface area contributed by atoms with Crippen LogP contribution in [0.1, 0.15) is 30.4 Å². The van der Waals surface area contributed by atoms with Gasteiger partial charge in [0, 0.05) is 17.4 Å². The number of hydrogen-bond donors (Lipinski definition) is 1. The molecule has 114 valence electrons. The minimum atomic E-state index is 0.0191. The summed E-state index contributed by atoms with van der Waals surface area (Å²) in [5.74, 6) is 0.550. The van der Waals surface area contributed by atoms with Crippen LogP contribution < -0.4 is 5.32 Å². The lowest BCUT2D eigenvalue weighted by Crippen LogP contribution is -2.35. The summed E-state index contributed by atoms with van der Waals surface area (Å²) in [6, 6.07) is 18.7. The molecule has 2 aromatic rings. The van der Waals surface area contributed by atoms with Crippen molar-refractivity contribution in [1.82, 2.24) is 5.32 Å². The van der Waals surface area contributed by atoms with Gasteiger partial charge in [0.15, 0.2) is 0 Å². The summed E-state index contributed by atoms with van der Waals surface area (Å²) >= 11 is 1.69. The molecular formula is C19H21NOS. The van der Waals surface area contributed by atoms with Crippen molar-refractivity contribution in [2.45, 2.75) is 35.8 Å². The Morgan fingerprint density at radius 2 is 1.91 bits per heavy atom. The summed E-state index contributed by atoms with van der Waals surface area (Å²) < 4.78 is 0. The van der Waals surface area contributed by atoms with E-state index in [4.69, 9.17) is 0 Å². The third kappa shape index (κ3) is 3.36. The lowest BCUT2D eigenvalue weighted by Gasteiger charge is -2.17. The molecular weight excluding hydrogens is 290 g/mol. The molecule has 0 fully saturated rings. The molecule has 0 aliphatic carbocycles. The quantitative estimate of drug-likeness (QED) is 0.904. The molecule has 0 saturated carbocycles. The van der Waals surface area contributed by atoms with Crippen molar-refractivity contribution < 1.29 is 4.79 Å². The highest BCUT2D eigenvalue weighted by atomic mass is 32.2. The summed E-state index contributed by atoms with van der Waals surface area (Å²) in [7, 11) is 0. The van der Waals surface area contributed by atoms with Crippen LogP contribution in [0.3, 0.4) is 0 Å². The number of thioether (sulfide) groups is 1. The van der Waals surface area contributed by atoms with E-state index in [-0.39, 0.29) is 11.2 Å². The first-order valence-corrected chi connectivity index (χ1v) is 8.73. The normalized spacial score (nSPS) is 17.8. The van der Waals surface area contributed by atoms with Crippen molar-refractivity contribution in [3.8, 4) is 0 Å². The van der Waals surface area contributed by atoms with Crippen LogP contribution in [-0.2, 0) is 11.2 Å². The van der Waals surface area contributed by atoms with Gasteiger partial charge < -0.3 is 5.32 Å². The van der Waals surface area contributed by atoms with Gasteiger partial charge in [0.25, 0.3) is 0 Å². The maximum Gasteiger partial charge on any atom is 0.233 e. The molecule has 2 nitrogen and oxygen atoms in total. The number of carbonyl (C=O) groups excluding carboxylic acids is 1. The molecule has 0 bridgehead atoms. The Balaban J connectivity index is 1.57. The summed E-state index contributed by atoms with van der Waals surface area (Å²) in [5.41, 5.74) is 2.59. The minimum absolute atomic E-state index is 0.0191. The standard InChI is InChI=1S/C19H21NOS/c1-2-14(15-8-4-3-5-9-15)13-20-19(21)18-12-16-10-6-7-11-17(16)22-18/h3-11,14,18H,2,12-13H2,1H3,(H,20,21)/t14-,18+/m1/s1. The van der Waals surface area contributed by atoms with Crippen molar-refractivity contribution in [1.29, 1.82) is 0 Å². The van der Waals surface area contributed by atoms with Gasteiger partial charge in [-0.2, -0.15) is 0 Å². The fourth-order valence-electron chi connectivity index (χ4n) is 2.89. The van der Waals surface area contributed by atoms with Crippen LogP contribution in [0, 0.1) is 0 Å². The minimum Gasteiger partial charge on any atom is -0.355 e. The second kappa shape index (κ2) is 7.01. The monoisotopic (exact) mass is 311 g/mol. The Morgan fingerprint density at radius 1 is 1.18 bits per heavy atom. The molecule has 3 heteroatoms. The second-order valence-corrected chi connectivity index (χ2v) is 6.92. The SMILES string of the molecule is CC[C@H](CNC(=O)[C@@H]1Cc2ccccc2S1)c1ccccc1. The second-order valence-electron chi connectivity index (χ2n) is 5.68. The number of benzene rings is 2. The molecule has 0 saturated heterocycles. The fourth-order valence-corrected chi connectivity index (χ4v) is 4.11. The van der Waals surface area contributed by atoms with Crippen LogP contribution in [0.5, 0.6) is 0 Å². The van der Waals surface area contributed by atoms with E-state index in [1.807, 2.05) is 18.2 Å². The third-order valence-electron chi connectivity index (χ3n) is 4.23. The first-order chi connectivity index (χ1) is 10.8. The van der Waals surface area contributed by atoms with Gasteiger partial charge in [-0.25, -0.2) is 0 Å². The van der Waals surface area contributed by atoms with Crippen molar-refractivity contribution in [3.05, 3.63) is 65.7 Å². The van der Waals surface area contributed by atoms with Gasteiger partial charge in [-0.15, -0.1) is 11.8 Å². The highest BCUT2D eigenvalue weighted by molar-refractivity contribution is 8.01. The van der Waals surface area contributed by atoms with Gasteiger partial charge >= 0.3 is 0 Å². The molecule has 0 spiro atoms. The summed E-state index contributed by atoms with van der Waals surface area (Å²) in [4.78, 5) is 13.7. The van der Waals surface area contributed by atoms with Gasteiger partial charge in [0.05, 0.1) is 5.25 Å². The first kappa shape index (κ1) is 15.2. The maximum absolute atomic E-state index is 12.4. The van der Waals surface area contributed by atoms with Gasteiger partial charge in [-0.05, 0) is 30.0 Å². The number of carbonyl (C=O) groups is 1. The lowest BCUT2D eigenvalue weighted by molar-refractivity contribution is -0.120. The molecule has 3 rings (SSSR count). The first-order valence-electron chi connectivity index (χ1n) is 7.85. The maximum atomic E-state index is 12.4. The van der Waals surface area contributed by atoms with Crippen LogP contribution in [0.25, 0.3) is 0 Å². The van der Waals surface area contributed by atoms with Crippen molar-refractivity contribution in [2.75, 3.05) is 6.54 Å². The highest BCUT2D eigenvalue weighted by Gasteiger charge is 2.28. The summed E-state index contributed by atoms with van der Waals surface area (Å²) in [6.45, 7) is 2.89. The van der Waals surface area contributed by atoms with Crippen LogP contribution in [0.2, 0.25) is 0 Å². The summed E-state index contributed by atoms with van der Waals surface area (Å²) in [5, 5.41) is 3.17. The van der Waals surface area contributed by atoms with Gasteiger partial charge in [-0.3, -0.25) is 4.79 Å². The molecule has 2 aromatic carbocycles. The number of amides is 1. The largest absolute Gasteiger partial charge is 0.355 e. The van der Waals surface area contributed by atoms with Crippen LogP contribution in [-0.4, -0.2) is 17.7 Å². The lowest BCUT2D eigenvalue weighted by atomic mass is 9.96. The Hall–Kier alpha value is -1.74. The van der Waals surface area contributed by atoms with E-state index in [1.165, 1.54) is 16.0 Å². The van der Waals surface area contributed by atoms with E-state index < -0.39 is 0 Å². The van der Waals surface area contributed by atoms with Gasteiger partial charge in [0.1, 0.15) is 0 Å². The molecule has 0 unspecified atom stereocenters. The number of hydrogen-bond acceptors (Lipinski definition) is 2. The molecule has 0 radical (unpaired) electrons. The number of nitrogens with one attached hydrogen (secondary N) is 1. The van der Waals surface area contributed by atoms with E-state index in [0.29, 0.717) is 12.5 Å². The molecule has 22 heavy (non-hydrogen) atoms. The van der Waals surface area contributed by atoms with Crippen molar-refractivity contribution in [3.63, 3.8) is 0 Å². The molecule has 1 aliphatic heterocycles. The Kier molecular flexibility index (Phi) is 4.84. The van der Waals surface area contributed by atoms with Crippen molar-refractivity contribution in [2.24, 2.45) is 0 Å². The van der Waals surface area contributed by atoms with Crippen LogP contribution in [0.4, 0.5) is 0 Å². The fraction of sp³-hybridized carbons (Fsp3) is 0.316. The zero-order chi connectivity index (χ0) is 15.4. The van der Waals surface area contributed by atoms with Crippen molar-refractivity contribution >= 4 is 17.7 Å². The average Bonchev–Trinajstić information content (AvgIpc) is 3.00. The highest BCUT2D eigenvalue weighted by Crippen LogP contribution is 2.36. The molecule has 1 aliphatic rings.